The van der Waals surface area contributed by atoms with Crippen molar-refractivity contribution in [1.82, 2.24) is 10.3 Å². The van der Waals surface area contributed by atoms with Gasteiger partial charge in [-0.2, -0.15) is 0 Å². The minimum absolute atomic E-state index is 0.0366. The summed E-state index contributed by atoms with van der Waals surface area (Å²) in [6, 6.07) is 2.45. The lowest BCUT2D eigenvalue weighted by Gasteiger charge is -2.08. The third-order valence-corrected chi connectivity index (χ3v) is 1.88. The molecule has 1 aromatic heterocycles. The topological polar surface area (TPSA) is 94.4 Å². The van der Waals surface area contributed by atoms with E-state index < -0.39 is 10.8 Å². The fourth-order valence-corrected chi connectivity index (χ4v) is 1.18. The number of rotatable bonds is 4. The van der Waals surface area contributed by atoms with Crippen LogP contribution >= 0.6 is 0 Å². The van der Waals surface area contributed by atoms with E-state index in [1.165, 1.54) is 19.2 Å². The summed E-state index contributed by atoms with van der Waals surface area (Å²) in [6.07, 6.45) is 0. The standard InChI is InChI=1S/C10H13N3O4/c1-6(2)11-9(14)7-4-5-8(13(15)16)10(12-7)17-3/h4-6H,1-3H3,(H,11,14). The molecule has 0 spiro atoms. The van der Waals surface area contributed by atoms with Crippen molar-refractivity contribution in [2.24, 2.45) is 0 Å². The van der Waals surface area contributed by atoms with Crippen LogP contribution in [-0.4, -0.2) is 29.0 Å². The molecule has 0 aliphatic carbocycles. The summed E-state index contributed by atoms with van der Waals surface area (Å²) in [5, 5.41) is 13.3. The van der Waals surface area contributed by atoms with Crippen molar-refractivity contribution in [3.05, 3.63) is 27.9 Å². The minimum Gasteiger partial charge on any atom is -0.476 e. The Bertz CT molecular complexity index is 445. The summed E-state index contributed by atoms with van der Waals surface area (Å²) in [5.41, 5.74) is -0.185. The molecule has 1 aromatic rings. The summed E-state index contributed by atoms with van der Waals surface area (Å²) < 4.78 is 4.77. The summed E-state index contributed by atoms with van der Waals surface area (Å²) in [7, 11) is 1.26. The molecular weight excluding hydrogens is 226 g/mol. The maximum Gasteiger partial charge on any atom is 0.330 e. The van der Waals surface area contributed by atoms with E-state index in [0.29, 0.717) is 0 Å². The number of methoxy groups -OCH3 is 1. The van der Waals surface area contributed by atoms with Crippen LogP contribution in [0.5, 0.6) is 5.88 Å². The average molecular weight is 239 g/mol. The summed E-state index contributed by atoms with van der Waals surface area (Å²) in [4.78, 5) is 25.4. The highest BCUT2D eigenvalue weighted by atomic mass is 16.6. The van der Waals surface area contributed by atoms with Crippen LogP contribution in [0.1, 0.15) is 24.3 Å². The van der Waals surface area contributed by atoms with Gasteiger partial charge in [0, 0.05) is 12.1 Å². The third kappa shape index (κ3) is 3.13. The van der Waals surface area contributed by atoms with E-state index in [1.807, 2.05) is 0 Å². The first-order chi connectivity index (χ1) is 7.95. The Morgan fingerprint density at radius 1 is 1.53 bits per heavy atom. The van der Waals surface area contributed by atoms with Gasteiger partial charge in [0.1, 0.15) is 5.69 Å². The molecule has 0 saturated carbocycles. The number of carbonyl (C=O) groups is 1. The molecule has 1 heterocycles. The molecule has 0 aliphatic rings. The van der Waals surface area contributed by atoms with Crippen molar-refractivity contribution in [2.75, 3.05) is 7.11 Å². The molecule has 1 amide bonds. The van der Waals surface area contributed by atoms with Gasteiger partial charge < -0.3 is 10.1 Å². The first-order valence-corrected chi connectivity index (χ1v) is 4.96. The molecule has 1 rings (SSSR count). The van der Waals surface area contributed by atoms with Crippen LogP contribution in [0, 0.1) is 10.1 Å². The average Bonchev–Trinajstić information content (AvgIpc) is 2.27. The Morgan fingerprint density at radius 3 is 2.65 bits per heavy atom. The fourth-order valence-electron chi connectivity index (χ4n) is 1.18. The molecule has 17 heavy (non-hydrogen) atoms. The number of carbonyl (C=O) groups excluding carboxylic acids is 1. The lowest BCUT2D eigenvalue weighted by molar-refractivity contribution is -0.386. The van der Waals surface area contributed by atoms with E-state index in [0.717, 1.165) is 0 Å². The maximum atomic E-state index is 11.6. The van der Waals surface area contributed by atoms with Crippen molar-refractivity contribution in [3.63, 3.8) is 0 Å². The molecular formula is C10H13N3O4. The number of hydrogen-bond acceptors (Lipinski definition) is 5. The largest absolute Gasteiger partial charge is 0.476 e. The Hall–Kier alpha value is -2.18. The third-order valence-electron chi connectivity index (χ3n) is 1.88. The number of nitro groups is 1. The van der Waals surface area contributed by atoms with Gasteiger partial charge in [0.2, 0.25) is 0 Å². The van der Waals surface area contributed by atoms with E-state index in [4.69, 9.17) is 4.74 Å². The van der Waals surface area contributed by atoms with E-state index in [2.05, 4.69) is 10.3 Å². The second-order valence-electron chi connectivity index (χ2n) is 3.61. The first-order valence-electron chi connectivity index (χ1n) is 4.96. The molecule has 1 N–H and O–H groups in total. The number of aromatic nitrogens is 1. The Kier molecular flexibility index (Phi) is 3.97. The summed E-state index contributed by atoms with van der Waals surface area (Å²) in [5.74, 6) is -0.570. The molecule has 0 fully saturated rings. The van der Waals surface area contributed by atoms with Crippen molar-refractivity contribution in [2.45, 2.75) is 19.9 Å². The van der Waals surface area contributed by atoms with E-state index in [9.17, 15) is 14.9 Å². The predicted octanol–water partition coefficient (Wildman–Crippen LogP) is 1.14. The number of nitrogens with zero attached hydrogens (tertiary/aromatic N) is 2. The van der Waals surface area contributed by atoms with Gasteiger partial charge in [0.25, 0.3) is 11.8 Å². The van der Waals surface area contributed by atoms with Crippen LogP contribution in [0.4, 0.5) is 5.69 Å². The Morgan fingerprint density at radius 2 is 2.18 bits per heavy atom. The molecule has 7 heteroatoms. The zero-order chi connectivity index (χ0) is 13.0. The number of nitrogens with one attached hydrogen (secondary N) is 1. The van der Waals surface area contributed by atoms with Crippen LogP contribution in [0.3, 0.4) is 0 Å². The molecule has 0 aliphatic heterocycles. The maximum absolute atomic E-state index is 11.6. The lowest BCUT2D eigenvalue weighted by atomic mass is 10.3. The number of pyridine rings is 1. The van der Waals surface area contributed by atoms with Crippen LogP contribution in [0.2, 0.25) is 0 Å². The van der Waals surface area contributed by atoms with E-state index in [-0.39, 0.29) is 23.3 Å². The van der Waals surface area contributed by atoms with E-state index >= 15 is 0 Å². The molecule has 0 unspecified atom stereocenters. The Balaban J connectivity index is 3.05. The number of amides is 1. The van der Waals surface area contributed by atoms with E-state index in [1.54, 1.807) is 13.8 Å². The van der Waals surface area contributed by atoms with Crippen LogP contribution in [-0.2, 0) is 0 Å². The second kappa shape index (κ2) is 5.24. The fraction of sp³-hybridized carbons (Fsp3) is 0.400. The molecule has 7 nitrogen and oxygen atoms in total. The lowest BCUT2D eigenvalue weighted by Crippen LogP contribution is -2.30. The summed E-state index contributed by atoms with van der Waals surface area (Å²) in [6.45, 7) is 3.61. The van der Waals surface area contributed by atoms with Crippen molar-refractivity contribution >= 4 is 11.6 Å². The SMILES string of the molecule is COc1nc(C(=O)NC(C)C)ccc1[N+](=O)[O-]. The van der Waals surface area contributed by atoms with Gasteiger partial charge in [-0.05, 0) is 19.9 Å². The highest BCUT2D eigenvalue weighted by Crippen LogP contribution is 2.23. The van der Waals surface area contributed by atoms with Gasteiger partial charge in [-0.25, -0.2) is 4.98 Å². The summed E-state index contributed by atoms with van der Waals surface area (Å²) >= 11 is 0. The van der Waals surface area contributed by atoms with Gasteiger partial charge in [-0.3, -0.25) is 14.9 Å². The smallest absolute Gasteiger partial charge is 0.330 e. The highest BCUT2D eigenvalue weighted by molar-refractivity contribution is 5.92. The van der Waals surface area contributed by atoms with Gasteiger partial charge >= 0.3 is 5.69 Å². The first kappa shape index (κ1) is 12.9. The molecule has 0 aromatic carbocycles. The van der Waals surface area contributed by atoms with Gasteiger partial charge in [-0.15, -0.1) is 0 Å². The van der Waals surface area contributed by atoms with Crippen LogP contribution in [0.15, 0.2) is 12.1 Å². The Labute approximate surface area is 98.0 Å². The van der Waals surface area contributed by atoms with Crippen molar-refractivity contribution in [3.8, 4) is 5.88 Å². The molecule has 0 atom stereocenters. The van der Waals surface area contributed by atoms with Crippen LogP contribution < -0.4 is 10.1 Å². The highest BCUT2D eigenvalue weighted by Gasteiger charge is 2.19. The van der Waals surface area contributed by atoms with Gasteiger partial charge in [0.05, 0.1) is 12.0 Å². The normalized spacial score (nSPS) is 10.1. The zero-order valence-corrected chi connectivity index (χ0v) is 9.76. The quantitative estimate of drug-likeness (QED) is 0.628. The molecule has 0 saturated heterocycles. The van der Waals surface area contributed by atoms with Gasteiger partial charge in [-0.1, -0.05) is 0 Å². The second-order valence-corrected chi connectivity index (χ2v) is 3.61. The predicted molar refractivity (Wildman–Crippen MR) is 60.0 cm³/mol. The molecule has 0 bridgehead atoms. The van der Waals surface area contributed by atoms with Crippen molar-refractivity contribution < 1.29 is 14.5 Å². The number of ether oxygens (including phenoxy) is 1. The van der Waals surface area contributed by atoms with Crippen LogP contribution in [0.25, 0.3) is 0 Å². The van der Waals surface area contributed by atoms with Crippen molar-refractivity contribution in [1.29, 1.82) is 0 Å². The zero-order valence-electron chi connectivity index (χ0n) is 9.76. The molecule has 92 valence electrons. The monoisotopic (exact) mass is 239 g/mol. The van der Waals surface area contributed by atoms with Gasteiger partial charge in [0.15, 0.2) is 0 Å². The minimum atomic E-state index is -0.615. The molecule has 0 radical (unpaired) electrons. The number of hydrogen-bond donors (Lipinski definition) is 1.